The number of carbonyl (C=O) groups is 2. The SMILES string of the molecule is COc1ccc(C)cc1NC(=O)Cn1nc(C(=O)Nc2ccc(C)c(C)c2)ccc1=O. The monoisotopic (exact) mass is 420 g/mol. The quantitative estimate of drug-likeness (QED) is 0.638. The van der Waals surface area contributed by atoms with Gasteiger partial charge in [-0.15, -0.1) is 0 Å². The van der Waals surface area contributed by atoms with Crippen LogP contribution in [0.5, 0.6) is 5.75 Å². The molecular weight excluding hydrogens is 396 g/mol. The van der Waals surface area contributed by atoms with Gasteiger partial charge in [0, 0.05) is 11.8 Å². The number of ether oxygens (including phenoxy) is 1. The fourth-order valence-corrected chi connectivity index (χ4v) is 2.94. The van der Waals surface area contributed by atoms with Crippen LogP contribution in [-0.4, -0.2) is 28.7 Å². The Kier molecular flexibility index (Phi) is 6.49. The van der Waals surface area contributed by atoms with Crippen molar-refractivity contribution in [2.75, 3.05) is 17.7 Å². The molecule has 3 aromatic rings. The van der Waals surface area contributed by atoms with Gasteiger partial charge in [0.05, 0.1) is 12.8 Å². The number of anilines is 2. The first-order valence-corrected chi connectivity index (χ1v) is 9.68. The van der Waals surface area contributed by atoms with Gasteiger partial charge in [-0.25, -0.2) is 4.68 Å². The molecule has 0 bridgehead atoms. The van der Waals surface area contributed by atoms with Gasteiger partial charge in [0.1, 0.15) is 18.0 Å². The molecule has 2 aromatic carbocycles. The van der Waals surface area contributed by atoms with E-state index in [1.54, 1.807) is 18.2 Å². The van der Waals surface area contributed by atoms with Crippen molar-refractivity contribution in [2.45, 2.75) is 27.3 Å². The Balaban J connectivity index is 1.75. The highest BCUT2D eigenvalue weighted by molar-refractivity contribution is 6.02. The average molecular weight is 420 g/mol. The number of nitrogens with one attached hydrogen (secondary N) is 2. The summed E-state index contributed by atoms with van der Waals surface area (Å²) in [6, 6.07) is 13.5. The predicted molar refractivity (Wildman–Crippen MR) is 119 cm³/mol. The van der Waals surface area contributed by atoms with Crippen LogP contribution in [0.4, 0.5) is 11.4 Å². The van der Waals surface area contributed by atoms with Crippen molar-refractivity contribution in [3.05, 3.63) is 81.3 Å². The molecule has 0 radical (unpaired) electrons. The van der Waals surface area contributed by atoms with Gasteiger partial charge in [-0.1, -0.05) is 12.1 Å². The van der Waals surface area contributed by atoms with Gasteiger partial charge in [-0.05, 0) is 67.8 Å². The first-order chi connectivity index (χ1) is 14.8. The van der Waals surface area contributed by atoms with E-state index in [-0.39, 0.29) is 12.2 Å². The summed E-state index contributed by atoms with van der Waals surface area (Å²) in [5.41, 5.74) is 3.74. The van der Waals surface area contributed by atoms with E-state index in [4.69, 9.17) is 4.74 Å². The van der Waals surface area contributed by atoms with Crippen LogP contribution in [0.25, 0.3) is 0 Å². The Morgan fingerprint density at radius 3 is 2.45 bits per heavy atom. The van der Waals surface area contributed by atoms with Gasteiger partial charge >= 0.3 is 0 Å². The molecule has 160 valence electrons. The van der Waals surface area contributed by atoms with E-state index >= 15 is 0 Å². The summed E-state index contributed by atoms with van der Waals surface area (Å²) < 4.78 is 6.20. The lowest BCUT2D eigenvalue weighted by Crippen LogP contribution is -2.31. The first-order valence-electron chi connectivity index (χ1n) is 9.68. The molecule has 8 heteroatoms. The van der Waals surface area contributed by atoms with Gasteiger partial charge in [0.25, 0.3) is 11.5 Å². The largest absolute Gasteiger partial charge is 0.495 e. The standard InChI is InChI=1S/C23H24N4O4/c1-14-5-9-20(31-4)19(11-14)25-21(28)13-27-22(29)10-8-18(26-27)23(30)24-17-7-6-15(2)16(3)12-17/h5-12H,13H2,1-4H3,(H,24,30)(H,25,28). The average Bonchev–Trinajstić information content (AvgIpc) is 2.72. The molecule has 0 atom stereocenters. The second-order valence-electron chi connectivity index (χ2n) is 7.22. The maximum Gasteiger partial charge on any atom is 0.276 e. The summed E-state index contributed by atoms with van der Waals surface area (Å²) in [6.45, 7) is 5.47. The minimum absolute atomic E-state index is 0.0266. The molecule has 1 heterocycles. The lowest BCUT2D eigenvalue weighted by atomic mass is 10.1. The molecule has 0 unspecified atom stereocenters. The zero-order chi connectivity index (χ0) is 22.5. The highest BCUT2D eigenvalue weighted by atomic mass is 16.5. The van der Waals surface area contributed by atoms with Crippen molar-refractivity contribution in [1.82, 2.24) is 9.78 Å². The van der Waals surface area contributed by atoms with Gasteiger partial charge in [-0.3, -0.25) is 14.4 Å². The zero-order valence-electron chi connectivity index (χ0n) is 17.9. The Hall–Kier alpha value is -3.94. The normalized spacial score (nSPS) is 10.5. The lowest BCUT2D eigenvalue weighted by Gasteiger charge is -2.12. The van der Waals surface area contributed by atoms with Crippen LogP contribution in [0.15, 0.2) is 53.3 Å². The molecule has 31 heavy (non-hydrogen) atoms. The fourth-order valence-electron chi connectivity index (χ4n) is 2.94. The molecule has 0 fully saturated rings. The van der Waals surface area contributed by atoms with Gasteiger partial charge in [0.2, 0.25) is 5.91 Å². The Labute approximate surface area is 179 Å². The maximum atomic E-state index is 12.6. The van der Waals surface area contributed by atoms with Crippen LogP contribution in [-0.2, 0) is 11.3 Å². The third-order valence-electron chi connectivity index (χ3n) is 4.79. The maximum absolute atomic E-state index is 12.6. The second-order valence-corrected chi connectivity index (χ2v) is 7.22. The second kappa shape index (κ2) is 9.25. The molecule has 0 aliphatic rings. The van der Waals surface area contributed by atoms with E-state index in [9.17, 15) is 14.4 Å². The molecule has 0 saturated heterocycles. The molecule has 3 rings (SSSR count). The van der Waals surface area contributed by atoms with Gasteiger partial charge in [-0.2, -0.15) is 5.10 Å². The molecule has 8 nitrogen and oxygen atoms in total. The van der Waals surface area contributed by atoms with Crippen molar-refractivity contribution < 1.29 is 14.3 Å². The lowest BCUT2D eigenvalue weighted by molar-refractivity contribution is -0.117. The number of carbonyl (C=O) groups excluding carboxylic acids is 2. The van der Waals surface area contributed by atoms with Gasteiger partial charge in [0.15, 0.2) is 0 Å². The van der Waals surface area contributed by atoms with Crippen LogP contribution in [0.2, 0.25) is 0 Å². The minimum Gasteiger partial charge on any atom is -0.495 e. The molecule has 0 spiro atoms. The van der Waals surface area contributed by atoms with Crippen molar-refractivity contribution in [3.8, 4) is 5.75 Å². The number of rotatable bonds is 6. The number of hydrogen-bond acceptors (Lipinski definition) is 5. The Bertz CT molecular complexity index is 1200. The first kappa shape index (κ1) is 21.8. The third kappa shape index (κ3) is 5.36. The number of aromatic nitrogens is 2. The zero-order valence-corrected chi connectivity index (χ0v) is 17.9. The van der Waals surface area contributed by atoms with Crippen LogP contribution in [0.1, 0.15) is 27.2 Å². The van der Waals surface area contributed by atoms with Crippen molar-refractivity contribution >= 4 is 23.2 Å². The fraction of sp³-hybridized carbons (Fsp3) is 0.217. The van der Waals surface area contributed by atoms with Crippen LogP contribution >= 0.6 is 0 Å². The van der Waals surface area contributed by atoms with Gasteiger partial charge < -0.3 is 15.4 Å². The Morgan fingerprint density at radius 2 is 1.74 bits per heavy atom. The van der Waals surface area contributed by atoms with E-state index in [2.05, 4.69) is 15.7 Å². The smallest absolute Gasteiger partial charge is 0.276 e. The molecule has 1 aromatic heterocycles. The molecular formula is C23H24N4O4. The van der Waals surface area contributed by atoms with E-state index in [0.717, 1.165) is 21.4 Å². The molecule has 0 aliphatic carbocycles. The number of methoxy groups -OCH3 is 1. The minimum atomic E-state index is -0.492. The summed E-state index contributed by atoms with van der Waals surface area (Å²) in [5.74, 6) is -0.441. The van der Waals surface area contributed by atoms with E-state index in [0.29, 0.717) is 17.1 Å². The summed E-state index contributed by atoms with van der Waals surface area (Å²) in [6.07, 6.45) is 0. The number of nitrogens with zero attached hydrogens (tertiary/aromatic N) is 2. The molecule has 2 N–H and O–H groups in total. The van der Waals surface area contributed by atoms with Crippen LogP contribution in [0.3, 0.4) is 0 Å². The van der Waals surface area contributed by atoms with Crippen LogP contribution < -0.4 is 20.9 Å². The highest BCUT2D eigenvalue weighted by Gasteiger charge is 2.14. The topological polar surface area (TPSA) is 102 Å². The molecule has 0 saturated carbocycles. The third-order valence-corrected chi connectivity index (χ3v) is 4.79. The van der Waals surface area contributed by atoms with E-state index < -0.39 is 17.4 Å². The summed E-state index contributed by atoms with van der Waals surface area (Å²) >= 11 is 0. The van der Waals surface area contributed by atoms with Crippen molar-refractivity contribution in [1.29, 1.82) is 0 Å². The number of amides is 2. The highest BCUT2D eigenvalue weighted by Crippen LogP contribution is 2.25. The summed E-state index contributed by atoms with van der Waals surface area (Å²) in [4.78, 5) is 37.2. The molecule has 0 aliphatic heterocycles. The summed E-state index contributed by atoms with van der Waals surface area (Å²) in [5, 5.41) is 9.52. The Morgan fingerprint density at radius 1 is 0.968 bits per heavy atom. The predicted octanol–water partition coefficient (Wildman–Crippen LogP) is 3.07. The van der Waals surface area contributed by atoms with E-state index in [1.807, 2.05) is 39.0 Å². The van der Waals surface area contributed by atoms with Crippen molar-refractivity contribution in [3.63, 3.8) is 0 Å². The van der Waals surface area contributed by atoms with E-state index in [1.165, 1.54) is 19.2 Å². The number of aryl methyl sites for hydroxylation is 3. The molecule has 2 amide bonds. The number of hydrogen-bond donors (Lipinski definition) is 2. The van der Waals surface area contributed by atoms with Crippen LogP contribution in [0, 0.1) is 20.8 Å². The van der Waals surface area contributed by atoms with Crippen molar-refractivity contribution in [2.24, 2.45) is 0 Å². The summed E-state index contributed by atoms with van der Waals surface area (Å²) in [7, 11) is 1.50. The number of benzene rings is 2.